The van der Waals surface area contributed by atoms with E-state index in [0.29, 0.717) is 34.2 Å². The topological polar surface area (TPSA) is 118 Å². The average Bonchev–Trinajstić information content (AvgIpc) is 2.89. The van der Waals surface area contributed by atoms with Crippen LogP contribution in [0.25, 0.3) is 22.3 Å². The Morgan fingerprint density at radius 3 is 2.71 bits per heavy atom. The minimum atomic E-state index is -0.532. The van der Waals surface area contributed by atoms with Crippen LogP contribution in [0.15, 0.2) is 36.7 Å². The zero-order valence-corrected chi connectivity index (χ0v) is 19.5. The van der Waals surface area contributed by atoms with Crippen molar-refractivity contribution in [3.63, 3.8) is 0 Å². The molecule has 2 atom stereocenters. The van der Waals surface area contributed by atoms with E-state index in [1.54, 1.807) is 6.07 Å². The Hall–Kier alpha value is -3.14. The number of amides is 1. The molecule has 1 aromatic carbocycles. The van der Waals surface area contributed by atoms with Crippen LogP contribution < -0.4 is 16.4 Å². The number of aromatic nitrogens is 3. The molecule has 5 rings (SSSR count). The van der Waals surface area contributed by atoms with Crippen molar-refractivity contribution in [2.45, 2.75) is 31.8 Å². The van der Waals surface area contributed by atoms with Gasteiger partial charge in [0.2, 0.25) is 0 Å². The second-order valence-electron chi connectivity index (χ2n) is 8.97. The Morgan fingerprint density at radius 1 is 1.21 bits per heavy atom. The fourth-order valence-corrected chi connectivity index (χ4v) is 4.76. The van der Waals surface area contributed by atoms with Gasteiger partial charge < -0.3 is 21.1 Å². The molecule has 9 nitrogen and oxygen atoms in total. The number of anilines is 1. The molecule has 0 radical (unpaired) electrons. The SMILES string of the molecule is C[C@H](c1ccc(-c2cc(C(N)=O)c3ncnc(N[C@H]4CCCNC4)c3n2)cc1)N1CCOCC1. The van der Waals surface area contributed by atoms with Crippen LogP contribution in [0.2, 0.25) is 0 Å². The summed E-state index contributed by atoms with van der Waals surface area (Å²) in [5, 5.41) is 6.88. The monoisotopic (exact) mass is 461 g/mol. The van der Waals surface area contributed by atoms with Crippen molar-refractivity contribution in [1.29, 1.82) is 0 Å². The van der Waals surface area contributed by atoms with Gasteiger partial charge in [-0.05, 0) is 37.9 Å². The summed E-state index contributed by atoms with van der Waals surface area (Å²) in [6.07, 6.45) is 3.60. The first-order valence-electron chi connectivity index (χ1n) is 11.9. The summed E-state index contributed by atoms with van der Waals surface area (Å²) in [5.74, 6) is 0.0933. The van der Waals surface area contributed by atoms with Gasteiger partial charge >= 0.3 is 0 Å². The summed E-state index contributed by atoms with van der Waals surface area (Å²) in [6, 6.07) is 10.6. The Balaban J connectivity index is 1.48. The Kier molecular flexibility index (Phi) is 6.66. The van der Waals surface area contributed by atoms with Gasteiger partial charge in [0.1, 0.15) is 17.4 Å². The standard InChI is InChI=1S/C25H31N7O2/c1-16(32-9-11-34-12-10-32)17-4-6-18(7-5-17)21-13-20(24(26)33)22-23(31-21)25(29-15-28-22)30-19-3-2-8-27-14-19/h4-7,13,15-16,19,27H,2-3,8-12,14H2,1H3,(H2,26,33)(H,28,29,30)/t16-,19+/m1/s1. The fourth-order valence-electron chi connectivity index (χ4n) is 4.76. The fraction of sp³-hybridized carbons (Fsp3) is 0.440. The van der Waals surface area contributed by atoms with E-state index in [1.165, 1.54) is 11.9 Å². The molecule has 34 heavy (non-hydrogen) atoms. The summed E-state index contributed by atoms with van der Waals surface area (Å²) in [4.78, 5) is 28.4. The van der Waals surface area contributed by atoms with E-state index in [1.807, 2.05) is 12.1 Å². The normalized spacial score (nSPS) is 20.2. The molecular formula is C25H31N7O2. The largest absolute Gasteiger partial charge is 0.379 e. The van der Waals surface area contributed by atoms with Crippen LogP contribution in [0.1, 0.15) is 41.7 Å². The van der Waals surface area contributed by atoms with Gasteiger partial charge in [0.25, 0.3) is 5.91 Å². The van der Waals surface area contributed by atoms with E-state index in [0.717, 1.165) is 57.8 Å². The quantitative estimate of drug-likeness (QED) is 0.512. The minimum absolute atomic E-state index is 0.246. The molecule has 0 unspecified atom stereocenters. The van der Waals surface area contributed by atoms with Gasteiger partial charge in [0, 0.05) is 37.3 Å². The highest BCUT2D eigenvalue weighted by atomic mass is 16.5. The summed E-state index contributed by atoms with van der Waals surface area (Å²) >= 11 is 0. The highest BCUT2D eigenvalue weighted by molar-refractivity contribution is 6.06. The molecule has 0 bridgehead atoms. The third kappa shape index (κ3) is 4.72. The maximum atomic E-state index is 12.3. The van der Waals surface area contributed by atoms with Crippen molar-refractivity contribution in [2.24, 2.45) is 5.73 Å². The van der Waals surface area contributed by atoms with Gasteiger partial charge in [-0.15, -0.1) is 0 Å². The lowest BCUT2D eigenvalue weighted by Crippen LogP contribution is -2.38. The van der Waals surface area contributed by atoms with Gasteiger partial charge in [-0.3, -0.25) is 9.69 Å². The number of nitrogens with one attached hydrogen (secondary N) is 2. The van der Waals surface area contributed by atoms with Crippen LogP contribution in [-0.4, -0.2) is 71.2 Å². The molecule has 2 aromatic heterocycles. The van der Waals surface area contributed by atoms with Crippen LogP contribution >= 0.6 is 0 Å². The van der Waals surface area contributed by atoms with Gasteiger partial charge in [-0.2, -0.15) is 0 Å². The predicted molar refractivity (Wildman–Crippen MR) is 132 cm³/mol. The van der Waals surface area contributed by atoms with Crippen LogP contribution in [0.3, 0.4) is 0 Å². The first kappa shape index (κ1) is 22.6. The maximum absolute atomic E-state index is 12.3. The number of benzene rings is 1. The van der Waals surface area contributed by atoms with E-state index in [9.17, 15) is 4.79 Å². The molecule has 4 N–H and O–H groups in total. The molecule has 2 aliphatic heterocycles. The first-order valence-corrected chi connectivity index (χ1v) is 11.9. The summed E-state index contributed by atoms with van der Waals surface area (Å²) in [5.41, 5.74) is 9.93. The number of ether oxygens (including phenoxy) is 1. The Labute approximate surface area is 199 Å². The van der Waals surface area contributed by atoms with Crippen molar-refractivity contribution in [2.75, 3.05) is 44.7 Å². The molecule has 1 amide bonds. The lowest BCUT2D eigenvalue weighted by Gasteiger charge is -2.32. The number of pyridine rings is 1. The minimum Gasteiger partial charge on any atom is -0.379 e. The summed E-state index contributed by atoms with van der Waals surface area (Å²) in [6.45, 7) is 7.51. The average molecular weight is 462 g/mol. The molecular weight excluding hydrogens is 430 g/mol. The Bertz CT molecular complexity index is 1160. The van der Waals surface area contributed by atoms with Crippen molar-refractivity contribution in [3.8, 4) is 11.3 Å². The van der Waals surface area contributed by atoms with E-state index >= 15 is 0 Å². The number of nitrogens with zero attached hydrogens (tertiary/aromatic N) is 4. The number of fused-ring (bicyclic) bond motifs is 1. The van der Waals surface area contributed by atoms with E-state index in [-0.39, 0.29) is 6.04 Å². The molecule has 3 aromatic rings. The number of rotatable bonds is 6. The highest BCUT2D eigenvalue weighted by Crippen LogP contribution is 2.29. The zero-order valence-electron chi connectivity index (χ0n) is 19.5. The number of hydrogen-bond donors (Lipinski definition) is 3. The molecule has 2 saturated heterocycles. The van der Waals surface area contributed by atoms with Gasteiger partial charge in [0.05, 0.1) is 24.5 Å². The second-order valence-corrected chi connectivity index (χ2v) is 8.97. The van der Waals surface area contributed by atoms with Crippen LogP contribution in [0.5, 0.6) is 0 Å². The molecule has 2 aliphatic rings. The number of morpholine rings is 1. The lowest BCUT2D eigenvalue weighted by atomic mass is 10.0. The summed E-state index contributed by atoms with van der Waals surface area (Å²) in [7, 11) is 0. The first-order chi connectivity index (χ1) is 16.6. The lowest BCUT2D eigenvalue weighted by molar-refractivity contribution is 0.0198. The van der Waals surface area contributed by atoms with E-state index < -0.39 is 5.91 Å². The van der Waals surface area contributed by atoms with Crippen LogP contribution in [0.4, 0.5) is 5.82 Å². The second kappa shape index (κ2) is 10.0. The maximum Gasteiger partial charge on any atom is 0.251 e. The van der Waals surface area contributed by atoms with E-state index in [4.69, 9.17) is 15.5 Å². The van der Waals surface area contributed by atoms with Gasteiger partial charge in [-0.25, -0.2) is 15.0 Å². The molecule has 4 heterocycles. The van der Waals surface area contributed by atoms with E-state index in [2.05, 4.69) is 44.6 Å². The van der Waals surface area contributed by atoms with Gasteiger partial charge in [0.15, 0.2) is 5.82 Å². The van der Waals surface area contributed by atoms with Crippen molar-refractivity contribution < 1.29 is 9.53 Å². The third-order valence-corrected chi connectivity index (χ3v) is 6.78. The molecule has 0 saturated carbocycles. The molecule has 0 aliphatic carbocycles. The van der Waals surface area contributed by atoms with Crippen molar-refractivity contribution in [1.82, 2.24) is 25.2 Å². The van der Waals surface area contributed by atoms with Crippen molar-refractivity contribution >= 4 is 22.8 Å². The number of hydrogen-bond acceptors (Lipinski definition) is 8. The number of piperidine rings is 1. The van der Waals surface area contributed by atoms with Crippen molar-refractivity contribution in [3.05, 3.63) is 47.8 Å². The zero-order chi connectivity index (χ0) is 23.5. The number of nitrogens with two attached hydrogens (primary N) is 1. The summed E-state index contributed by atoms with van der Waals surface area (Å²) < 4.78 is 5.48. The molecule has 9 heteroatoms. The molecule has 178 valence electrons. The third-order valence-electron chi connectivity index (χ3n) is 6.78. The number of primary amides is 1. The smallest absolute Gasteiger partial charge is 0.251 e. The van der Waals surface area contributed by atoms with Gasteiger partial charge in [-0.1, -0.05) is 24.3 Å². The van der Waals surface area contributed by atoms with Crippen LogP contribution in [-0.2, 0) is 4.74 Å². The molecule has 0 spiro atoms. The predicted octanol–water partition coefficient (Wildman–Crippen LogP) is 2.35. The highest BCUT2D eigenvalue weighted by Gasteiger charge is 2.21. The number of carbonyl (C=O) groups excluding carboxylic acids is 1. The van der Waals surface area contributed by atoms with Crippen LogP contribution in [0, 0.1) is 0 Å². The molecule has 2 fully saturated rings. The number of carbonyl (C=O) groups is 1. The Morgan fingerprint density at radius 2 is 2.00 bits per heavy atom.